The van der Waals surface area contributed by atoms with Gasteiger partial charge in [0.1, 0.15) is 22.6 Å². The first-order valence-electron chi connectivity index (χ1n) is 11.7. The van der Waals surface area contributed by atoms with Crippen molar-refractivity contribution in [3.8, 4) is 11.5 Å². The highest BCUT2D eigenvalue weighted by Gasteiger charge is 2.85. The van der Waals surface area contributed by atoms with Gasteiger partial charge in [-0.15, -0.1) is 0 Å². The summed E-state index contributed by atoms with van der Waals surface area (Å²) in [4.78, 5) is 17.4. The summed E-state index contributed by atoms with van der Waals surface area (Å²) in [5.74, 6) is -1.96. The zero-order valence-corrected chi connectivity index (χ0v) is 19.9. The van der Waals surface area contributed by atoms with Crippen molar-refractivity contribution in [1.29, 1.82) is 0 Å². The van der Waals surface area contributed by atoms with Gasteiger partial charge in [-0.3, -0.25) is 9.69 Å². The summed E-state index contributed by atoms with van der Waals surface area (Å²) in [5.41, 5.74) is -2.17. The molecule has 0 amide bonds. The van der Waals surface area contributed by atoms with Gasteiger partial charge in [-0.25, -0.2) is 0 Å². The zero-order valence-electron chi connectivity index (χ0n) is 19.9. The lowest BCUT2D eigenvalue weighted by Crippen LogP contribution is -2.82. The van der Waals surface area contributed by atoms with Crippen molar-refractivity contribution >= 4 is 11.7 Å². The third-order valence-corrected chi connectivity index (χ3v) is 9.42. The van der Waals surface area contributed by atoms with E-state index >= 15 is 0 Å². The van der Waals surface area contributed by atoms with Gasteiger partial charge in [0.25, 0.3) is 0 Å². The molecule has 1 saturated carbocycles. The summed E-state index contributed by atoms with van der Waals surface area (Å²) in [6.45, 7) is 6.77. The number of nitrogens with zero attached hydrogens (tertiary/aromatic N) is 2. The summed E-state index contributed by atoms with van der Waals surface area (Å²) >= 11 is 0. The molecule has 4 N–H and O–H groups in total. The minimum atomic E-state index is -1.45. The number of likely N-dealkylation sites (N-methyl/N-ethyl adjacent to an activating group) is 2. The number of hydrogen-bond donors (Lipinski definition) is 4. The van der Waals surface area contributed by atoms with Crippen molar-refractivity contribution < 1.29 is 30.0 Å². The van der Waals surface area contributed by atoms with Gasteiger partial charge in [0, 0.05) is 25.1 Å². The number of aliphatic hydroxyl groups excluding tert-OH is 1. The summed E-state index contributed by atoms with van der Waals surface area (Å²) in [6.07, 6.45) is 1.39. The van der Waals surface area contributed by atoms with Crippen LogP contribution in [0.3, 0.4) is 0 Å². The Bertz CT molecular complexity index is 1060. The maximum absolute atomic E-state index is 13.6. The fraction of sp³-hybridized carbons (Fsp3) is 0.640. The molecule has 1 aromatic carbocycles. The average molecular weight is 459 g/mol. The standard InChI is InChI=1S/C25H34N2O6/c1-6-14-11-33-12-23(22(31)32)18(14)17(13(2)3)21(30)25-24(23,9-10-26(25)4)19-15(28)7-8-16(29)20(19)27(25)5/h6-8,13,17-18,21,28-30H,9-12H2,1-5H3,(H,31,32). The maximum Gasteiger partial charge on any atom is 0.313 e. The molecule has 33 heavy (non-hydrogen) atoms. The van der Waals surface area contributed by atoms with Crippen LogP contribution >= 0.6 is 0 Å². The number of aromatic hydroxyl groups is 2. The van der Waals surface area contributed by atoms with Crippen LogP contribution in [0.25, 0.3) is 0 Å². The first-order chi connectivity index (χ1) is 15.6. The average Bonchev–Trinajstić information content (AvgIpc) is 3.22. The van der Waals surface area contributed by atoms with Gasteiger partial charge in [0.2, 0.25) is 0 Å². The summed E-state index contributed by atoms with van der Waals surface area (Å²) in [5, 5.41) is 45.6. The van der Waals surface area contributed by atoms with Crippen LogP contribution in [-0.4, -0.2) is 76.9 Å². The van der Waals surface area contributed by atoms with Gasteiger partial charge in [-0.05, 0) is 49.9 Å². The number of likely N-dealkylation sites (tertiary alicyclic amines) is 1. The number of phenolic OH excluding ortho intramolecular Hbond substituents is 2. The second-order valence-corrected chi connectivity index (χ2v) is 10.6. The monoisotopic (exact) mass is 458 g/mol. The van der Waals surface area contributed by atoms with Crippen molar-refractivity contribution in [2.75, 3.05) is 38.8 Å². The number of carboxylic acids is 1. The fourth-order valence-electron chi connectivity index (χ4n) is 8.45. The van der Waals surface area contributed by atoms with E-state index in [2.05, 4.69) is 0 Å². The number of aliphatic hydroxyl groups is 1. The molecule has 180 valence electrons. The predicted octanol–water partition coefficient (Wildman–Crippen LogP) is 2.13. The minimum Gasteiger partial charge on any atom is -0.508 e. The number of rotatable bonds is 2. The highest BCUT2D eigenvalue weighted by atomic mass is 16.5. The van der Waals surface area contributed by atoms with E-state index < -0.39 is 34.5 Å². The lowest BCUT2D eigenvalue weighted by Gasteiger charge is -2.67. The van der Waals surface area contributed by atoms with Crippen molar-refractivity contribution in [2.45, 2.75) is 44.4 Å². The molecule has 5 rings (SSSR count). The van der Waals surface area contributed by atoms with Crippen molar-refractivity contribution in [3.63, 3.8) is 0 Å². The zero-order chi connectivity index (χ0) is 24.1. The highest BCUT2D eigenvalue weighted by Crippen LogP contribution is 2.76. The van der Waals surface area contributed by atoms with E-state index in [4.69, 9.17) is 4.74 Å². The number of allylic oxidation sites excluding steroid dienone is 1. The topological polar surface area (TPSA) is 114 Å². The minimum absolute atomic E-state index is 0.0162. The molecule has 1 aromatic rings. The van der Waals surface area contributed by atoms with E-state index in [1.807, 2.05) is 43.7 Å². The van der Waals surface area contributed by atoms with Gasteiger partial charge in [-0.2, -0.15) is 0 Å². The van der Waals surface area contributed by atoms with E-state index in [-0.39, 0.29) is 29.9 Å². The number of carbonyl (C=O) groups is 1. The van der Waals surface area contributed by atoms with Gasteiger partial charge in [0.05, 0.1) is 30.4 Å². The van der Waals surface area contributed by atoms with Crippen LogP contribution in [0.1, 0.15) is 32.8 Å². The Morgan fingerprint density at radius 3 is 2.52 bits per heavy atom. The van der Waals surface area contributed by atoms with Gasteiger partial charge < -0.3 is 30.1 Å². The SMILES string of the molecule is CC=C1COCC2(C(=O)O)C1C(C(C)C)C(O)C13N(C)CCC21c1c(O)ccc(O)c1N3C. The van der Waals surface area contributed by atoms with Crippen LogP contribution in [0.5, 0.6) is 11.5 Å². The Hall–Kier alpha value is -2.29. The molecule has 3 fully saturated rings. The van der Waals surface area contributed by atoms with Crippen molar-refractivity contribution in [2.24, 2.45) is 23.2 Å². The smallest absolute Gasteiger partial charge is 0.313 e. The number of benzene rings is 1. The third-order valence-electron chi connectivity index (χ3n) is 9.42. The fourth-order valence-corrected chi connectivity index (χ4v) is 8.45. The molecule has 8 heteroatoms. The largest absolute Gasteiger partial charge is 0.508 e. The van der Waals surface area contributed by atoms with Gasteiger partial charge in [-0.1, -0.05) is 19.9 Å². The van der Waals surface area contributed by atoms with Crippen molar-refractivity contribution in [3.05, 3.63) is 29.3 Å². The second kappa shape index (κ2) is 6.87. The van der Waals surface area contributed by atoms with Gasteiger partial charge in [0.15, 0.2) is 0 Å². The van der Waals surface area contributed by atoms with E-state index in [1.54, 1.807) is 7.05 Å². The first kappa shape index (κ1) is 22.5. The molecule has 0 radical (unpaired) electrons. The number of fused-ring (bicyclic) bond motifs is 2. The molecular formula is C25H34N2O6. The maximum atomic E-state index is 13.6. The second-order valence-electron chi connectivity index (χ2n) is 10.6. The lowest BCUT2D eigenvalue weighted by molar-refractivity contribution is -0.222. The molecule has 6 atom stereocenters. The van der Waals surface area contributed by atoms with Crippen LogP contribution in [-0.2, 0) is 14.9 Å². The Morgan fingerprint density at radius 2 is 1.91 bits per heavy atom. The molecule has 6 unspecified atom stereocenters. The molecule has 0 spiro atoms. The third kappa shape index (κ3) is 2.12. The number of aliphatic carboxylic acids is 1. The number of phenols is 2. The molecular weight excluding hydrogens is 424 g/mol. The summed E-state index contributed by atoms with van der Waals surface area (Å²) < 4.78 is 6.02. The van der Waals surface area contributed by atoms with Crippen LogP contribution in [0.15, 0.2) is 23.8 Å². The molecule has 1 aliphatic carbocycles. The first-order valence-corrected chi connectivity index (χ1v) is 11.7. The quantitative estimate of drug-likeness (QED) is 0.394. The van der Waals surface area contributed by atoms with E-state index in [0.717, 1.165) is 5.57 Å². The van der Waals surface area contributed by atoms with E-state index in [0.29, 0.717) is 30.8 Å². The lowest BCUT2D eigenvalue weighted by atomic mass is 9.40. The normalized spacial score (nSPS) is 41.1. The number of ether oxygens (including phenoxy) is 1. The summed E-state index contributed by atoms with van der Waals surface area (Å²) in [6, 6.07) is 2.86. The molecule has 0 aromatic heterocycles. The molecule has 2 saturated heterocycles. The van der Waals surface area contributed by atoms with Crippen LogP contribution in [0, 0.1) is 23.2 Å². The number of anilines is 1. The molecule has 3 heterocycles. The van der Waals surface area contributed by atoms with Crippen LogP contribution in [0.4, 0.5) is 5.69 Å². The molecule has 0 bridgehead atoms. The Kier molecular flexibility index (Phi) is 4.68. The van der Waals surface area contributed by atoms with Gasteiger partial charge >= 0.3 is 5.97 Å². The Morgan fingerprint density at radius 1 is 1.24 bits per heavy atom. The predicted molar refractivity (Wildman–Crippen MR) is 122 cm³/mol. The molecule has 8 nitrogen and oxygen atoms in total. The Labute approximate surface area is 194 Å². The summed E-state index contributed by atoms with van der Waals surface area (Å²) in [7, 11) is 3.69. The van der Waals surface area contributed by atoms with Crippen LogP contribution < -0.4 is 4.90 Å². The number of carboxylic acid groups (broad SMARTS) is 1. The molecule has 4 aliphatic rings. The van der Waals surface area contributed by atoms with E-state index in [9.17, 15) is 25.2 Å². The molecule has 3 aliphatic heterocycles. The van der Waals surface area contributed by atoms with Crippen molar-refractivity contribution in [1.82, 2.24) is 4.90 Å². The van der Waals surface area contributed by atoms with Crippen LogP contribution in [0.2, 0.25) is 0 Å². The number of hydrogen-bond acceptors (Lipinski definition) is 7. The Balaban J connectivity index is 2.00. The van der Waals surface area contributed by atoms with E-state index in [1.165, 1.54) is 12.1 Å². The highest BCUT2D eigenvalue weighted by molar-refractivity contribution is 5.87.